The molecule has 3 aliphatic rings. The number of morpholine rings is 1. The van der Waals surface area contributed by atoms with E-state index in [2.05, 4.69) is 22.1 Å². The van der Waals surface area contributed by atoms with Crippen LogP contribution in [0.1, 0.15) is 66.8 Å². The summed E-state index contributed by atoms with van der Waals surface area (Å²) in [4.78, 5) is 29.8. The highest BCUT2D eigenvalue weighted by molar-refractivity contribution is 6.00. The summed E-state index contributed by atoms with van der Waals surface area (Å²) in [5.74, 6) is 1.08. The number of ether oxygens (including phenoxy) is 1. The van der Waals surface area contributed by atoms with Crippen LogP contribution in [0.5, 0.6) is 0 Å². The molecule has 2 aromatic rings. The summed E-state index contributed by atoms with van der Waals surface area (Å²) >= 11 is 0. The second-order valence-corrected chi connectivity index (χ2v) is 9.19. The standard InChI is InChI=1S/C24H32N4O3/c29-23(19-4-2-1-3-5-19)26-9-6-18(7-10-26)20-8-11-28-22(16-20)21(17-25-28)24(30)27-12-14-31-15-13-27/h8,11,16-19H,1-7,9-10,12-15H2. The van der Waals surface area contributed by atoms with Crippen molar-refractivity contribution in [1.29, 1.82) is 0 Å². The molecule has 0 N–H and O–H groups in total. The van der Waals surface area contributed by atoms with Crippen LogP contribution in [-0.4, -0.2) is 70.6 Å². The highest BCUT2D eigenvalue weighted by Crippen LogP contribution is 2.32. The molecular formula is C24H32N4O3. The lowest BCUT2D eigenvalue weighted by molar-refractivity contribution is -0.137. The van der Waals surface area contributed by atoms with Gasteiger partial charge in [0.15, 0.2) is 0 Å². The molecule has 2 aliphatic heterocycles. The molecule has 0 unspecified atom stereocenters. The van der Waals surface area contributed by atoms with Crippen LogP contribution in [0.3, 0.4) is 0 Å². The van der Waals surface area contributed by atoms with Crippen molar-refractivity contribution in [3.63, 3.8) is 0 Å². The Kier molecular flexibility index (Phi) is 5.94. The zero-order chi connectivity index (χ0) is 21.2. The maximum Gasteiger partial charge on any atom is 0.257 e. The van der Waals surface area contributed by atoms with Crippen LogP contribution < -0.4 is 0 Å². The van der Waals surface area contributed by atoms with E-state index in [4.69, 9.17) is 4.74 Å². The molecule has 2 saturated heterocycles. The Morgan fingerprint density at radius 1 is 0.935 bits per heavy atom. The zero-order valence-electron chi connectivity index (χ0n) is 18.2. The molecule has 7 heteroatoms. The number of hydrogen-bond donors (Lipinski definition) is 0. The SMILES string of the molecule is O=C(c1cnn2ccc(C3CCN(C(=O)C4CCCCC4)CC3)cc12)N1CCOCC1. The average Bonchev–Trinajstić information content (AvgIpc) is 3.27. The van der Waals surface area contributed by atoms with Gasteiger partial charge in [0.1, 0.15) is 0 Å². The van der Waals surface area contributed by atoms with Gasteiger partial charge in [-0.15, -0.1) is 0 Å². The molecular weight excluding hydrogens is 392 g/mol. The maximum absolute atomic E-state index is 13.0. The highest BCUT2D eigenvalue weighted by Gasteiger charge is 2.30. The molecule has 0 radical (unpaired) electrons. The van der Waals surface area contributed by atoms with Gasteiger partial charge in [0, 0.05) is 38.3 Å². The topological polar surface area (TPSA) is 67.2 Å². The van der Waals surface area contributed by atoms with E-state index in [9.17, 15) is 9.59 Å². The van der Waals surface area contributed by atoms with E-state index >= 15 is 0 Å². The molecule has 7 nitrogen and oxygen atoms in total. The van der Waals surface area contributed by atoms with Crippen molar-refractivity contribution in [2.24, 2.45) is 5.92 Å². The molecule has 0 bridgehead atoms. The summed E-state index contributed by atoms with van der Waals surface area (Å²) < 4.78 is 7.17. The van der Waals surface area contributed by atoms with Crippen LogP contribution in [0.25, 0.3) is 5.52 Å². The van der Waals surface area contributed by atoms with Crippen LogP contribution in [-0.2, 0) is 9.53 Å². The first kappa shape index (κ1) is 20.5. The second-order valence-electron chi connectivity index (χ2n) is 9.19. The molecule has 0 atom stereocenters. The third-order valence-corrected chi connectivity index (χ3v) is 7.31. The van der Waals surface area contributed by atoms with Crippen molar-refractivity contribution in [2.75, 3.05) is 39.4 Å². The summed E-state index contributed by atoms with van der Waals surface area (Å²) in [6, 6.07) is 4.25. The number of carbonyl (C=O) groups excluding carboxylic acids is 2. The minimum absolute atomic E-state index is 0.0309. The van der Waals surface area contributed by atoms with E-state index in [0.29, 0.717) is 43.7 Å². The van der Waals surface area contributed by atoms with Crippen LogP contribution >= 0.6 is 0 Å². The van der Waals surface area contributed by atoms with Crippen molar-refractivity contribution >= 4 is 17.3 Å². The number of hydrogen-bond acceptors (Lipinski definition) is 4. The van der Waals surface area contributed by atoms with Crippen molar-refractivity contribution in [1.82, 2.24) is 19.4 Å². The van der Waals surface area contributed by atoms with Gasteiger partial charge in [0.2, 0.25) is 5.91 Å². The summed E-state index contributed by atoms with van der Waals surface area (Å²) in [6.07, 6.45) is 11.4. The molecule has 0 aromatic carbocycles. The third-order valence-electron chi connectivity index (χ3n) is 7.31. The maximum atomic E-state index is 13.0. The largest absolute Gasteiger partial charge is 0.378 e. The Morgan fingerprint density at radius 3 is 2.42 bits per heavy atom. The number of nitrogens with zero attached hydrogens (tertiary/aromatic N) is 4. The van der Waals surface area contributed by atoms with E-state index in [1.807, 2.05) is 11.1 Å². The van der Waals surface area contributed by atoms with Gasteiger partial charge < -0.3 is 14.5 Å². The zero-order valence-corrected chi connectivity index (χ0v) is 18.2. The lowest BCUT2D eigenvalue weighted by atomic mass is 9.86. The Bertz CT molecular complexity index is 935. The van der Waals surface area contributed by atoms with Gasteiger partial charge >= 0.3 is 0 Å². The van der Waals surface area contributed by atoms with Crippen molar-refractivity contribution < 1.29 is 14.3 Å². The van der Waals surface area contributed by atoms with Gasteiger partial charge in [0.05, 0.1) is 30.5 Å². The van der Waals surface area contributed by atoms with E-state index in [1.54, 1.807) is 10.7 Å². The van der Waals surface area contributed by atoms with Crippen LogP contribution in [0.4, 0.5) is 0 Å². The van der Waals surface area contributed by atoms with Gasteiger partial charge in [-0.25, -0.2) is 4.52 Å². The van der Waals surface area contributed by atoms with E-state index in [1.165, 1.54) is 24.8 Å². The Morgan fingerprint density at radius 2 is 1.68 bits per heavy atom. The predicted molar refractivity (Wildman–Crippen MR) is 117 cm³/mol. The van der Waals surface area contributed by atoms with Gasteiger partial charge in [-0.3, -0.25) is 9.59 Å². The molecule has 5 rings (SSSR count). The van der Waals surface area contributed by atoms with Crippen molar-refractivity contribution in [3.05, 3.63) is 35.7 Å². The number of rotatable bonds is 3. The van der Waals surface area contributed by atoms with Crippen molar-refractivity contribution in [3.8, 4) is 0 Å². The molecule has 2 aromatic heterocycles. The van der Waals surface area contributed by atoms with E-state index < -0.39 is 0 Å². The number of likely N-dealkylation sites (tertiary alicyclic amines) is 1. The molecule has 3 fully saturated rings. The first-order chi connectivity index (χ1) is 15.2. The minimum atomic E-state index is 0.0309. The number of pyridine rings is 1. The molecule has 1 aliphatic carbocycles. The number of carbonyl (C=O) groups is 2. The normalized spacial score (nSPS) is 21.5. The van der Waals surface area contributed by atoms with Crippen LogP contribution in [0, 0.1) is 5.92 Å². The minimum Gasteiger partial charge on any atom is -0.378 e. The first-order valence-corrected chi connectivity index (χ1v) is 11.8. The monoisotopic (exact) mass is 424 g/mol. The Labute approximate surface area is 183 Å². The lowest BCUT2D eigenvalue weighted by Gasteiger charge is -2.35. The molecule has 0 spiro atoms. The number of piperidine rings is 1. The number of fused-ring (bicyclic) bond motifs is 1. The number of aromatic nitrogens is 2. The summed E-state index contributed by atoms with van der Waals surface area (Å²) in [5.41, 5.74) is 2.78. The van der Waals surface area contributed by atoms with Crippen molar-refractivity contribution in [2.45, 2.75) is 50.9 Å². The first-order valence-electron chi connectivity index (χ1n) is 11.8. The third kappa shape index (κ3) is 4.20. The Balaban J connectivity index is 1.27. The fourth-order valence-electron chi connectivity index (χ4n) is 5.39. The molecule has 31 heavy (non-hydrogen) atoms. The summed E-state index contributed by atoms with van der Waals surface area (Å²) in [5, 5.41) is 4.39. The fraction of sp³-hybridized carbons (Fsp3) is 0.625. The average molecular weight is 425 g/mol. The smallest absolute Gasteiger partial charge is 0.257 e. The van der Waals surface area contributed by atoms with E-state index in [0.717, 1.165) is 44.3 Å². The molecule has 2 amide bonds. The Hall–Kier alpha value is -2.41. The van der Waals surface area contributed by atoms with Crippen LogP contribution in [0.15, 0.2) is 24.5 Å². The highest BCUT2D eigenvalue weighted by atomic mass is 16.5. The van der Waals surface area contributed by atoms with Gasteiger partial charge in [-0.05, 0) is 49.3 Å². The van der Waals surface area contributed by atoms with Crippen LogP contribution in [0.2, 0.25) is 0 Å². The second kappa shape index (κ2) is 8.99. The quantitative estimate of drug-likeness (QED) is 0.759. The molecule has 4 heterocycles. The summed E-state index contributed by atoms with van der Waals surface area (Å²) in [7, 11) is 0. The van der Waals surface area contributed by atoms with Gasteiger partial charge in [-0.2, -0.15) is 5.10 Å². The van der Waals surface area contributed by atoms with Gasteiger partial charge in [0.25, 0.3) is 5.91 Å². The predicted octanol–water partition coefficient (Wildman–Crippen LogP) is 3.09. The summed E-state index contributed by atoms with van der Waals surface area (Å²) in [6.45, 7) is 4.11. The molecule has 166 valence electrons. The number of amides is 2. The molecule has 1 saturated carbocycles. The van der Waals surface area contributed by atoms with Gasteiger partial charge in [-0.1, -0.05) is 19.3 Å². The fourth-order valence-corrected chi connectivity index (χ4v) is 5.39. The van der Waals surface area contributed by atoms with E-state index in [-0.39, 0.29) is 11.8 Å². The lowest BCUT2D eigenvalue weighted by Crippen LogP contribution is -2.41.